The van der Waals surface area contributed by atoms with Crippen LogP contribution in [0.5, 0.6) is 0 Å². The smallest absolute Gasteiger partial charge is 0.0604 e. The van der Waals surface area contributed by atoms with Crippen LogP contribution in [0.2, 0.25) is 0 Å². The summed E-state index contributed by atoms with van der Waals surface area (Å²) < 4.78 is 0. The maximum absolute atomic E-state index is 3.15. The lowest BCUT2D eigenvalue weighted by Gasteiger charge is -2.26. The van der Waals surface area contributed by atoms with Crippen LogP contribution in [0.25, 0.3) is 0 Å². The summed E-state index contributed by atoms with van der Waals surface area (Å²) in [7, 11) is 2.16. The summed E-state index contributed by atoms with van der Waals surface area (Å²) in [5.74, 6) is 6.12. The fourth-order valence-electron chi connectivity index (χ4n) is 2.03. The molecule has 1 unspecified atom stereocenters. The van der Waals surface area contributed by atoms with Crippen molar-refractivity contribution in [3.8, 4) is 11.8 Å². The lowest BCUT2D eigenvalue weighted by Crippen LogP contribution is -2.25. The monoisotopic (exact) mass is 229 g/mol. The van der Waals surface area contributed by atoms with Gasteiger partial charge in [-0.05, 0) is 26.0 Å². The number of hydrogen-bond donors (Lipinski definition) is 0. The molecule has 1 rings (SSSR count). The molecule has 1 atom stereocenters. The topological polar surface area (TPSA) is 3.24 Å². The molecule has 0 amide bonds. The molecule has 1 nitrogen and oxygen atoms in total. The van der Waals surface area contributed by atoms with Gasteiger partial charge in [0, 0.05) is 6.04 Å². The Balaban J connectivity index is 2.75. The number of benzene rings is 1. The molecule has 1 aromatic carbocycles. The molecule has 0 fully saturated rings. The average molecular weight is 229 g/mol. The predicted octanol–water partition coefficient (Wildman–Crippen LogP) is 3.87. The normalized spacial score (nSPS) is 12.0. The average Bonchev–Trinajstić information content (AvgIpc) is 2.38. The van der Waals surface area contributed by atoms with Crippen LogP contribution in [0, 0.1) is 11.8 Å². The van der Waals surface area contributed by atoms with Gasteiger partial charge in [-0.25, -0.2) is 0 Å². The van der Waals surface area contributed by atoms with Crippen LogP contribution in [-0.2, 0) is 0 Å². The van der Waals surface area contributed by atoms with Crippen molar-refractivity contribution in [3.63, 3.8) is 0 Å². The molecule has 1 heteroatoms. The molecule has 0 bridgehead atoms. The summed E-state index contributed by atoms with van der Waals surface area (Å²) in [6, 6.07) is 11.2. The van der Waals surface area contributed by atoms with Crippen molar-refractivity contribution in [1.29, 1.82) is 0 Å². The molecule has 17 heavy (non-hydrogen) atoms. The molecule has 0 radical (unpaired) electrons. The largest absolute Gasteiger partial charge is 0.288 e. The molecule has 0 spiro atoms. The Hall–Kier alpha value is -1.26. The Morgan fingerprint density at radius 1 is 1.24 bits per heavy atom. The van der Waals surface area contributed by atoms with Gasteiger partial charge in [0.1, 0.15) is 0 Å². The minimum absolute atomic E-state index is 0.497. The Morgan fingerprint density at radius 2 is 1.94 bits per heavy atom. The predicted molar refractivity (Wildman–Crippen MR) is 74.8 cm³/mol. The molecule has 0 aliphatic rings. The van der Waals surface area contributed by atoms with Gasteiger partial charge in [-0.2, -0.15) is 0 Å². The van der Waals surface area contributed by atoms with Crippen LogP contribution >= 0.6 is 0 Å². The van der Waals surface area contributed by atoms with Crippen molar-refractivity contribution in [3.05, 3.63) is 35.9 Å². The second-order valence-electron chi connectivity index (χ2n) is 4.41. The van der Waals surface area contributed by atoms with Crippen LogP contribution in [0.1, 0.15) is 44.7 Å². The first kappa shape index (κ1) is 13.8. The third kappa shape index (κ3) is 4.63. The zero-order valence-corrected chi connectivity index (χ0v) is 11.2. The second-order valence-corrected chi connectivity index (χ2v) is 4.41. The van der Waals surface area contributed by atoms with Crippen molar-refractivity contribution in [1.82, 2.24) is 4.90 Å². The Morgan fingerprint density at radius 3 is 2.53 bits per heavy atom. The van der Waals surface area contributed by atoms with E-state index in [2.05, 4.69) is 61.0 Å². The van der Waals surface area contributed by atoms with E-state index in [4.69, 9.17) is 0 Å². The van der Waals surface area contributed by atoms with E-state index in [0.29, 0.717) is 6.04 Å². The number of hydrogen-bond acceptors (Lipinski definition) is 1. The van der Waals surface area contributed by atoms with E-state index in [1.807, 2.05) is 6.92 Å². The van der Waals surface area contributed by atoms with Crippen molar-refractivity contribution in [2.24, 2.45) is 0 Å². The van der Waals surface area contributed by atoms with Gasteiger partial charge >= 0.3 is 0 Å². The van der Waals surface area contributed by atoms with Crippen molar-refractivity contribution < 1.29 is 0 Å². The zero-order chi connectivity index (χ0) is 12.5. The molecular weight excluding hydrogens is 206 g/mol. The molecular formula is C16H23N. The molecule has 0 N–H and O–H groups in total. The highest BCUT2D eigenvalue weighted by Crippen LogP contribution is 2.24. The highest BCUT2D eigenvalue weighted by molar-refractivity contribution is 5.19. The van der Waals surface area contributed by atoms with E-state index in [1.54, 1.807) is 0 Å². The van der Waals surface area contributed by atoms with Gasteiger partial charge < -0.3 is 0 Å². The lowest BCUT2D eigenvalue weighted by molar-refractivity contribution is 0.256. The quantitative estimate of drug-likeness (QED) is 0.669. The van der Waals surface area contributed by atoms with Crippen molar-refractivity contribution >= 4 is 0 Å². The minimum Gasteiger partial charge on any atom is -0.288 e. The molecule has 0 aromatic heterocycles. The lowest BCUT2D eigenvalue weighted by atomic mass is 10.00. The summed E-state index contributed by atoms with van der Waals surface area (Å²) in [5.41, 5.74) is 1.40. The summed E-state index contributed by atoms with van der Waals surface area (Å²) in [6.45, 7) is 4.99. The van der Waals surface area contributed by atoms with Crippen LogP contribution < -0.4 is 0 Å². The maximum Gasteiger partial charge on any atom is 0.0604 e. The molecule has 0 aliphatic heterocycles. The van der Waals surface area contributed by atoms with E-state index >= 15 is 0 Å². The number of unbranched alkanes of at least 4 members (excludes halogenated alkanes) is 1. The zero-order valence-electron chi connectivity index (χ0n) is 11.2. The van der Waals surface area contributed by atoms with E-state index in [1.165, 1.54) is 24.8 Å². The SMILES string of the molecule is CC#CCN(C)C(CCCC)c1ccccc1. The number of nitrogens with zero attached hydrogens (tertiary/aromatic N) is 1. The van der Waals surface area contributed by atoms with Gasteiger partial charge in [-0.15, -0.1) is 5.92 Å². The van der Waals surface area contributed by atoms with Gasteiger partial charge in [0.05, 0.1) is 6.54 Å². The Bertz CT molecular complexity index is 358. The molecule has 92 valence electrons. The Labute approximate surface area is 106 Å². The summed E-state index contributed by atoms with van der Waals surface area (Å²) >= 11 is 0. The molecule has 0 saturated heterocycles. The van der Waals surface area contributed by atoms with E-state index in [9.17, 15) is 0 Å². The second kappa shape index (κ2) is 7.92. The third-order valence-electron chi connectivity index (χ3n) is 3.05. The Kier molecular flexibility index (Phi) is 6.43. The van der Waals surface area contributed by atoms with E-state index < -0.39 is 0 Å². The number of rotatable bonds is 6. The first-order valence-corrected chi connectivity index (χ1v) is 6.44. The van der Waals surface area contributed by atoms with Gasteiger partial charge in [-0.1, -0.05) is 56.0 Å². The summed E-state index contributed by atoms with van der Waals surface area (Å²) in [5, 5.41) is 0. The van der Waals surface area contributed by atoms with Crippen LogP contribution in [0.3, 0.4) is 0 Å². The van der Waals surface area contributed by atoms with Crippen LogP contribution in [0.15, 0.2) is 30.3 Å². The van der Waals surface area contributed by atoms with Crippen LogP contribution in [0.4, 0.5) is 0 Å². The van der Waals surface area contributed by atoms with Crippen LogP contribution in [-0.4, -0.2) is 18.5 Å². The fourth-order valence-corrected chi connectivity index (χ4v) is 2.03. The summed E-state index contributed by atoms with van der Waals surface area (Å²) in [6.07, 6.45) is 3.72. The van der Waals surface area contributed by atoms with Gasteiger partial charge in [0.15, 0.2) is 0 Å². The summed E-state index contributed by atoms with van der Waals surface area (Å²) in [4.78, 5) is 2.35. The molecule has 1 aromatic rings. The highest BCUT2D eigenvalue weighted by Gasteiger charge is 2.15. The maximum atomic E-state index is 3.15. The van der Waals surface area contributed by atoms with E-state index in [-0.39, 0.29) is 0 Å². The standard InChI is InChI=1S/C16H23N/c1-4-6-13-16(17(3)14-7-5-2)15-11-9-8-10-12-15/h8-12,16H,4,6,13-14H2,1-3H3. The third-order valence-corrected chi connectivity index (χ3v) is 3.05. The first-order valence-electron chi connectivity index (χ1n) is 6.44. The minimum atomic E-state index is 0.497. The van der Waals surface area contributed by atoms with Crippen molar-refractivity contribution in [2.45, 2.75) is 39.2 Å². The fraction of sp³-hybridized carbons (Fsp3) is 0.500. The highest BCUT2D eigenvalue weighted by atomic mass is 15.1. The van der Waals surface area contributed by atoms with Gasteiger partial charge in [0.2, 0.25) is 0 Å². The molecule has 0 aliphatic carbocycles. The van der Waals surface area contributed by atoms with E-state index in [0.717, 1.165) is 6.54 Å². The molecule has 0 heterocycles. The molecule has 0 saturated carbocycles. The van der Waals surface area contributed by atoms with Crippen molar-refractivity contribution in [2.75, 3.05) is 13.6 Å². The van der Waals surface area contributed by atoms with Gasteiger partial charge in [-0.3, -0.25) is 4.90 Å². The van der Waals surface area contributed by atoms with Gasteiger partial charge in [0.25, 0.3) is 0 Å². The first-order chi connectivity index (χ1) is 8.29.